The minimum atomic E-state index is 0.0855. The molecule has 2 amide bonds. The predicted octanol–water partition coefficient (Wildman–Crippen LogP) is 5.32. The quantitative estimate of drug-likeness (QED) is 0.636. The molecule has 0 radical (unpaired) electrons. The van der Waals surface area contributed by atoms with Gasteiger partial charge in [0.25, 0.3) is 0 Å². The summed E-state index contributed by atoms with van der Waals surface area (Å²) in [4.78, 5) is 17.4. The molecule has 35 heavy (non-hydrogen) atoms. The van der Waals surface area contributed by atoms with E-state index in [2.05, 4.69) is 40.5 Å². The summed E-state index contributed by atoms with van der Waals surface area (Å²) in [6, 6.07) is 15.0. The number of carbonyl (C=O) groups is 1. The Balaban J connectivity index is 0.916. The number of amides is 2. The second-order valence-corrected chi connectivity index (χ2v) is 10.7. The van der Waals surface area contributed by atoms with E-state index in [1.807, 2.05) is 17.0 Å². The van der Waals surface area contributed by atoms with Crippen LogP contribution in [0.1, 0.15) is 62.0 Å². The zero-order valence-corrected chi connectivity index (χ0v) is 20.6. The number of hydrogen-bond acceptors (Lipinski definition) is 4. The number of para-hydroxylation sites is 2. The third-order valence-corrected chi connectivity index (χ3v) is 8.61. The first kappa shape index (κ1) is 22.7. The monoisotopic (exact) mass is 475 g/mol. The van der Waals surface area contributed by atoms with Crippen LogP contribution in [0.25, 0.3) is 0 Å². The number of benzene rings is 2. The van der Waals surface area contributed by atoms with Crippen LogP contribution >= 0.6 is 0 Å². The number of ether oxygens (including phenoxy) is 2. The van der Waals surface area contributed by atoms with Crippen molar-refractivity contribution in [3.8, 4) is 11.5 Å². The van der Waals surface area contributed by atoms with Gasteiger partial charge in [-0.2, -0.15) is 0 Å². The van der Waals surface area contributed by atoms with Crippen molar-refractivity contribution < 1.29 is 14.3 Å². The van der Waals surface area contributed by atoms with Gasteiger partial charge in [-0.3, -0.25) is 4.90 Å². The van der Waals surface area contributed by atoms with Crippen molar-refractivity contribution in [2.75, 3.05) is 37.9 Å². The number of carbonyl (C=O) groups excluding carboxylic acids is 1. The largest absolute Gasteiger partial charge is 0.454 e. The minimum Gasteiger partial charge on any atom is -0.454 e. The predicted molar refractivity (Wildman–Crippen MR) is 137 cm³/mol. The summed E-state index contributed by atoms with van der Waals surface area (Å²) >= 11 is 0. The SMILES string of the molecule is O=C(NC1CCC(CCN2CCC(c3cccc4c3OCO4)CC2)CC1)N1CCc2ccccc21. The van der Waals surface area contributed by atoms with Gasteiger partial charge in [0.1, 0.15) is 0 Å². The molecule has 1 saturated heterocycles. The van der Waals surface area contributed by atoms with E-state index in [1.165, 1.54) is 49.8 Å². The van der Waals surface area contributed by atoms with Crippen molar-refractivity contribution in [3.05, 3.63) is 53.6 Å². The van der Waals surface area contributed by atoms with Crippen LogP contribution < -0.4 is 19.7 Å². The molecular weight excluding hydrogens is 438 g/mol. The summed E-state index contributed by atoms with van der Waals surface area (Å²) in [7, 11) is 0. The molecule has 1 aliphatic carbocycles. The molecule has 0 unspecified atom stereocenters. The van der Waals surface area contributed by atoms with Crippen molar-refractivity contribution in [1.82, 2.24) is 10.2 Å². The van der Waals surface area contributed by atoms with Gasteiger partial charge in [-0.05, 0) is 101 Å². The molecule has 1 saturated carbocycles. The topological polar surface area (TPSA) is 54.0 Å². The van der Waals surface area contributed by atoms with Crippen LogP contribution in [-0.4, -0.2) is 49.9 Å². The van der Waals surface area contributed by atoms with Gasteiger partial charge < -0.3 is 19.7 Å². The minimum absolute atomic E-state index is 0.0855. The van der Waals surface area contributed by atoms with Crippen molar-refractivity contribution in [1.29, 1.82) is 0 Å². The number of piperidine rings is 1. The zero-order chi connectivity index (χ0) is 23.6. The number of nitrogens with one attached hydrogen (secondary N) is 1. The Morgan fingerprint density at radius 3 is 2.60 bits per heavy atom. The number of nitrogens with zero attached hydrogens (tertiary/aromatic N) is 2. The lowest BCUT2D eigenvalue weighted by Gasteiger charge is -2.35. The highest BCUT2D eigenvalue weighted by atomic mass is 16.7. The van der Waals surface area contributed by atoms with E-state index >= 15 is 0 Å². The van der Waals surface area contributed by atoms with Gasteiger partial charge in [-0.1, -0.05) is 30.3 Å². The number of hydrogen-bond donors (Lipinski definition) is 1. The number of fused-ring (bicyclic) bond motifs is 2. The van der Waals surface area contributed by atoms with Crippen LogP contribution in [-0.2, 0) is 6.42 Å². The van der Waals surface area contributed by atoms with Gasteiger partial charge in [0, 0.05) is 23.8 Å². The van der Waals surface area contributed by atoms with Crippen LogP contribution in [0.15, 0.2) is 42.5 Å². The maximum Gasteiger partial charge on any atom is 0.322 e. The molecule has 1 N–H and O–H groups in total. The Morgan fingerprint density at radius 1 is 0.914 bits per heavy atom. The lowest BCUT2D eigenvalue weighted by atomic mass is 9.83. The number of urea groups is 1. The first-order valence-corrected chi connectivity index (χ1v) is 13.5. The van der Waals surface area contributed by atoms with Crippen LogP contribution in [0, 0.1) is 5.92 Å². The molecule has 2 aromatic rings. The van der Waals surface area contributed by atoms with Crippen molar-refractivity contribution in [3.63, 3.8) is 0 Å². The van der Waals surface area contributed by atoms with E-state index in [4.69, 9.17) is 9.47 Å². The summed E-state index contributed by atoms with van der Waals surface area (Å²) in [5.41, 5.74) is 3.70. The van der Waals surface area contributed by atoms with Crippen molar-refractivity contribution >= 4 is 11.7 Å². The second kappa shape index (κ2) is 10.1. The molecule has 6 rings (SSSR count). The van der Waals surface area contributed by atoms with E-state index in [1.54, 1.807) is 0 Å². The van der Waals surface area contributed by atoms with E-state index in [-0.39, 0.29) is 6.03 Å². The fourth-order valence-corrected chi connectivity index (χ4v) is 6.50. The summed E-state index contributed by atoms with van der Waals surface area (Å²) < 4.78 is 11.3. The third-order valence-electron chi connectivity index (χ3n) is 8.61. The summed E-state index contributed by atoms with van der Waals surface area (Å²) in [6.45, 7) is 4.68. The molecule has 2 aromatic carbocycles. The molecule has 0 spiro atoms. The van der Waals surface area contributed by atoms with Gasteiger partial charge in [-0.15, -0.1) is 0 Å². The second-order valence-electron chi connectivity index (χ2n) is 10.7. The first-order valence-electron chi connectivity index (χ1n) is 13.5. The maximum absolute atomic E-state index is 12.9. The molecule has 4 aliphatic rings. The summed E-state index contributed by atoms with van der Waals surface area (Å²) in [5, 5.41) is 3.32. The highest BCUT2D eigenvalue weighted by Crippen LogP contribution is 2.42. The van der Waals surface area contributed by atoms with Gasteiger partial charge in [-0.25, -0.2) is 4.79 Å². The Kier molecular flexibility index (Phi) is 6.55. The zero-order valence-electron chi connectivity index (χ0n) is 20.6. The van der Waals surface area contributed by atoms with Gasteiger partial charge in [0.05, 0.1) is 0 Å². The van der Waals surface area contributed by atoms with Gasteiger partial charge in [0.15, 0.2) is 11.5 Å². The van der Waals surface area contributed by atoms with Gasteiger partial charge >= 0.3 is 6.03 Å². The Hall–Kier alpha value is -2.73. The summed E-state index contributed by atoms with van der Waals surface area (Å²) in [6.07, 6.45) is 9.30. The van der Waals surface area contributed by atoms with Crippen molar-refractivity contribution in [2.45, 2.75) is 63.3 Å². The van der Waals surface area contributed by atoms with Crippen LogP contribution in [0.3, 0.4) is 0 Å². The molecule has 3 heterocycles. The van der Waals surface area contributed by atoms with Crippen LogP contribution in [0.2, 0.25) is 0 Å². The highest BCUT2D eigenvalue weighted by Gasteiger charge is 2.30. The van der Waals surface area contributed by atoms with E-state index in [9.17, 15) is 4.79 Å². The summed E-state index contributed by atoms with van der Waals surface area (Å²) in [5.74, 6) is 3.24. The average Bonchev–Trinajstić information content (AvgIpc) is 3.56. The van der Waals surface area contributed by atoms with E-state index in [0.29, 0.717) is 18.8 Å². The lowest BCUT2D eigenvalue weighted by Crippen LogP contribution is -2.45. The standard InChI is InChI=1S/C29H37N3O3/c33-29(32-19-15-23-4-1-2-6-26(23)32)30-24-10-8-21(9-11-24)12-16-31-17-13-22(14-18-31)25-5-3-7-27-28(25)35-20-34-27/h1-7,21-22,24H,8-20H2,(H,30,33). The molecule has 6 heteroatoms. The number of likely N-dealkylation sites (tertiary alicyclic amines) is 1. The Bertz CT molecular complexity index is 1040. The smallest absolute Gasteiger partial charge is 0.322 e. The molecule has 0 bridgehead atoms. The Morgan fingerprint density at radius 2 is 1.74 bits per heavy atom. The lowest BCUT2D eigenvalue weighted by molar-refractivity contribution is 0.168. The van der Waals surface area contributed by atoms with E-state index < -0.39 is 0 Å². The first-order chi connectivity index (χ1) is 17.2. The molecule has 6 nitrogen and oxygen atoms in total. The highest BCUT2D eigenvalue weighted by molar-refractivity contribution is 5.94. The van der Waals surface area contributed by atoms with Crippen LogP contribution in [0.5, 0.6) is 11.5 Å². The normalized spacial score (nSPS) is 24.4. The fraction of sp³-hybridized carbons (Fsp3) is 0.552. The fourth-order valence-electron chi connectivity index (χ4n) is 6.50. The average molecular weight is 476 g/mol. The Labute approximate surface area is 208 Å². The molecule has 0 aromatic heterocycles. The van der Waals surface area contributed by atoms with Crippen molar-refractivity contribution in [2.24, 2.45) is 5.92 Å². The number of anilines is 1. The molecule has 0 atom stereocenters. The van der Waals surface area contributed by atoms with E-state index in [0.717, 1.165) is 62.0 Å². The third kappa shape index (κ3) is 4.86. The maximum atomic E-state index is 12.9. The van der Waals surface area contributed by atoms with Crippen LogP contribution in [0.4, 0.5) is 10.5 Å². The molecule has 3 aliphatic heterocycles. The van der Waals surface area contributed by atoms with Gasteiger partial charge in [0.2, 0.25) is 6.79 Å². The molecule has 186 valence electrons. The molecule has 2 fully saturated rings. The number of rotatable bonds is 5. The molecular formula is C29H37N3O3.